The van der Waals surface area contributed by atoms with Crippen molar-refractivity contribution >= 4 is 16.6 Å². The summed E-state index contributed by atoms with van der Waals surface area (Å²) in [5.41, 5.74) is 0.846. The monoisotopic (exact) mass is 254 g/mol. The molecule has 1 aliphatic heterocycles. The van der Waals surface area contributed by atoms with Gasteiger partial charge in [0.2, 0.25) is 0 Å². The lowest BCUT2D eigenvalue weighted by atomic mass is 9.89. The molecule has 1 aromatic carbocycles. The van der Waals surface area contributed by atoms with E-state index in [4.69, 9.17) is 0 Å². The Morgan fingerprint density at radius 3 is 2.95 bits per heavy atom. The van der Waals surface area contributed by atoms with Crippen LogP contribution in [0.25, 0.3) is 10.8 Å². The molecule has 1 saturated heterocycles. The van der Waals surface area contributed by atoms with Crippen molar-refractivity contribution in [2.24, 2.45) is 5.92 Å². The van der Waals surface area contributed by atoms with Gasteiger partial charge in [-0.3, -0.25) is 9.78 Å². The van der Waals surface area contributed by atoms with Crippen molar-refractivity contribution in [1.82, 2.24) is 10.3 Å². The molecule has 2 heterocycles. The Morgan fingerprint density at radius 2 is 2.11 bits per heavy atom. The molecule has 1 N–H and O–H groups in total. The van der Waals surface area contributed by atoms with Crippen LogP contribution in [0.2, 0.25) is 0 Å². The molecule has 1 aromatic heterocycles. The molecule has 3 rings (SSSR count). The van der Waals surface area contributed by atoms with Gasteiger partial charge in [-0.05, 0) is 43.3 Å². The van der Waals surface area contributed by atoms with Crippen molar-refractivity contribution in [3.05, 3.63) is 42.2 Å². The van der Waals surface area contributed by atoms with Crippen LogP contribution in [0.5, 0.6) is 0 Å². The number of rotatable bonds is 3. The third kappa shape index (κ3) is 2.66. The van der Waals surface area contributed by atoms with E-state index in [1.165, 1.54) is 0 Å². The Hall–Kier alpha value is -1.74. The molecular formula is C16H18N2O. The number of fused-ring (bicyclic) bond motifs is 1. The second-order valence-electron chi connectivity index (χ2n) is 5.22. The minimum Gasteiger partial charge on any atom is -0.317 e. The highest BCUT2D eigenvalue weighted by atomic mass is 16.1. The summed E-state index contributed by atoms with van der Waals surface area (Å²) in [5, 5.41) is 5.40. The van der Waals surface area contributed by atoms with Crippen molar-refractivity contribution in [1.29, 1.82) is 0 Å². The fourth-order valence-electron chi connectivity index (χ4n) is 2.82. The molecule has 0 bridgehead atoms. The maximum absolute atomic E-state index is 12.5. The first-order valence-electron chi connectivity index (χ1n) is 6.91. The average molecular weight is 254 g/mol. The number of piperidine rings is 1. The van der Waals surface area contributed by atoms with Gasteiger partial charge in [0.25, 0.3) is 0 Å². The largest absolute Gasteiger partial charge is 0.317 e. The molecule has 1 aliphatic rings. The summed E-state index contributed by atoms with van der Waals surface area (Å²) >= 11 is 0. The number of hydrogen-bond donors (Lipinski definition) is 1. The van der Waals surface area contributed by atoms with Crippen LogP contribution in [0.15, 0.2) is 36.7 Å². The molecule has 19 heavy (non-hydrogen) atoms. The molecule has 0 amide bonds. The van der Waals surface area contributed by atoms with Gasteiger partial charge in [0.05, 0.1) is 0 Å². The van der Waals surface area contributed by atoms with Crippen LogP contribution in [0.4, 0.5) is 0 Å². The summed E-state index contributed by atoms with van der Waals surface area (Å²) in [6, 6.07) is 7.82. The first kappa shape index (κ1) is 12.3. The molecule has 0 saturated carbocycles. The smallest absolute Gasteiger partial charge is 0.163 e. The van der Waals surface area contributed by atoms with E-state index in [0.717, 1.165) is 42.3 Å². The van der Waals surface area contributed by atoms with E-state index < -0.39 is 0 Å². The van der Waals surface area contributed by atoms with Gasteiger partial charge in [0, 0.05) is 29.8 Å². The van der Waals surface area contributed by atoms with E-state index >= 15 is 0 Å². The zero-order valence-corrected chi connectivity index (χ0v) is 10.9. The van der Waals surface area contributed by atoms with Gasteiger partial charge >= 0.3 is 0 Å². The maximum Gasteiger partial charge on any atom is 0.163 e. The summed E-state index contributed by atoms with van der Waals surface area (Å²) in [4.78, 5) is 16.6. The minimum absolute atomic E-state index is 0.267. The van der Waals surface area contributed by atoms with Crippen LogP contribution in [0.3, 0.4) is 0 Å². The summed E-state index contributed by atoms with van der Waals surface area (Å²) in [7, 11) is 0. The Kier molecular flexibility index (Phi) is 3.56. The van der Waals surface area contributed by atoms with Crippen molar-refractivity contribution in [3.8, 4) is 0 Å². The van der Waals surface area contributed by atoms with Crippen molar-refractivity contribution in [2.45, 2.75) is 19.3 Å². The quantitative estimate of drug-likeness (QED) is 0.856. The average Bonchev–Trinajstić information content (AvgIpc) is 2.47. The zero-order chi connectivity index (χ0) is 13.1. The Balaban J connectivity index is 1.85. The number of benzene rings is 1. The van der Waals surface area contributed by atoms with E-state index in [1.54, 1.807) is 6.20 Å². The topological polar surface area (TPSA) is 42.0 Å². The summed E-state index contributed by atoms with van der Waals surface area (Å²) in [6.45, 7) is 2.08. The predicted octanol–water partition coefficient (Wildman–Crippen LogP) is 2.81. The van der Waals surface area contributed by atoms with Crippen LogP contribution < -0.4 is 5.32 Å². The van der Waals surface area contributed by atoms with Gasteiger partial charge in [-0.2, -0.15) is 0 Å². The Labute approximate surface area is 113 Å². The van der Waals surface area contributed by atoms with Crippen LogP contribution in [-0.2, 0) is 0 Å². The van der Waals surface area contributed by atoms with Crippen LogP contribution in [0, 0.1) is 5.92 Å². The SMILES string of the molecule is O=C(CC1CCNCC1)c1cccc2cnccc12. The highest BCUT2D eigenvalue weighted by Gasteiger charge is 2.18. The summed E-state index contributed by atoms with van der Waals surface area (Å²) in [5.74, 6) is 0.801. The first-order chi connectivity index (χ1) is 9.34. The highest BCUT2D eigenvalue weighted by molar-refractivity contribution is 6.07. The standard InChI is InChI=1S/C16H18N2O/c19-16(10-12-4-7-17-8-5-12)15-3-1-2-13-11-18-9-6-14(13)15/h1-3,6,9,11-12,17H,4-5,7-8,10H2. The number of nitrogens with zero attached hydrogens (tertiary/aromatic N) is 1. The van der Waals surface area contributed by atoms with Crippen molar-refractivity contribution in [3.63, 3.8) is 0 Å². The van der Waals surface area contributed by atoms with Gasteiger partial charge < -0.3 is 5.32 Å². The number of Topliss-reactive ketones (excluding diaryl/α,β-unsaturated/α-hetero) is 1. The Bertz CT molecular complexity index is 583. The number of nitrogens with one attached hydrogen (secondary N) is 1. The van der Waals surface area contributed by atoms with E-state index in [-0.39, 0.29) is 5.78 Å². The molecule has 0 unspecified atom stereocenters. The van der Waals surface area contributed by atoms with Crippen LogP contribution in [-0.4, -0.2) is 23.9 Å². The summed E-state index contributed by atoms with van der Waals surface area (Å²) < 4.78 is 0. The molecule has 98 valence electrons. The first-order valence-corrected chi connectivity index (χ1v) is 6.91. The molecular weight excluding hydrogens is 236 g/mol. The van der Waals surface area contributed by atoms with Gasteiger partial charge in [-0.1, -0.05) is 18.2 Å². The van der Waals surface area contributed by atoms with Gasteiger partial charge in [0.15, 0.2) is 5.78 Å². The van der Waals surface area contributed by atoms with Crippen LogP contribution in [0.1, 0.15) is 29.6 Å². The van der Waals surface area contributed by atoms with E-state index in [1.807, 2.05) is 30.5 Å². The highest BCUT2D eigenvalue weighted by Crippen LogP contribution is 2.23. The Morgan fingerprint density at radius 1 is 1.26 bits per heavy atom. The van der Waals surface area contributed by atoms with E-state index in [2.05, 4.69) is 10.3 Å². The van der Waals surface area contributed by atoms with Gasteiger partial charge in [0.1, 0.15) is 0 Å². The molecule has 0 spiro atoms. The molecule has 3 nitrogen and oxygen atoms in total. The number of pyridine rings is 1. The fraction of sp³-hybridized carbons (Fsp3) is 0.375. The third-order valence-corrected chi connectivity index (χ3v) is 3.91. The second-order valence-corrected chi connectivity index (χ2v) is 5.22. The van der Waals surface area contributed by atoms with Gasteiger partial charge in [-0.25, -0.2) is 0 Å². The minimum atomic E-state index is 0.267. The fourth-order valence-corrected chi connectivity index (χ4v) is 2.82. The molecule has 3 heteroatoms. The zero-order valence-electron chi connectivity index (χ0n) is 10.9. The van der Waals surface area contributed by atoms with Crippen LogP contribution >= 0.6 is 0 Å². The number of ketones is 1. The number of carbonyl (C=O) groups is 1. The molecule has 2 aromatic rings. The van der Waals surface area contributed by atoms with Crippen molar-refractivity contribution < 1.29 is 4.79 Å². The third-order valence-electron chi connectivity index (χ3n) is 3.91. The lowest BCUT2D eigenvalue weighted by Crippen LogP contribution is -2.28. The lowest BCUT2D eigenvalue weighted by Gasteiger charge is -2.22. The second kappa shape index (κ2) is 5.49. The number of hydrogen-bond acceptors (Lipinski definition) is 3. The van der Waals surface area contributed by atoms with E-state index in [9.17, 15) is 4.79 Å². The maximum atomic E-state index is 12.5. The van der Waals surface area contributed by atoms with E-state index in [0.29, 0.717) is 12.3 Å². The van der Waals surface area contributed by atoms with Crippen molar-refractivity contribution in [2.75, 3.05) is 13.1 Å². The summed E-state index contributed by atoms with van der Waals surface area (Å²) in [6.07, 6.45) is 6.46. The molecule has 0 radical (unpaired) electrons. The lowest BCUT2D eigenvalue weighted by molar-refractivity contribution is 0.0954. The van der Waals surface area contributed by atoms with Gasteiger partial charge in [-0.15, -0.1) is 0 Å². The molecule has 0 atom stereocenters. The molecule has 0 aliphatic carbocycles. The normalized spacial score (nSPS) is 16.6. The number of aromatic nitrogens is 1. The predicted molar refractivity (Wildman–Crippen MR) is 76.3 cm³/mol. The molecule has 1 fully saturated rings. The number of carbonyl (C=O) groups excluding carboxylic acids is 1.